The van der Waals surface area contributed by atoms with Crippen molar-refractivity contribution in [3.63, 3.8) is 0 Å². The third-order valence-corrected chi connectivity index (χ3v) is 14.7. The number of hydrogen-bond donors (Lipinski definition) is 0. The number of rotatable bonds is 4. The van der Waals surface area contributed by atoms with Gasteiger partial charge < -0.3 is 8.98 Å². The molecule has 0 aliphatic carbocycles. The first kappa shape index (κ1) is 34.0. The SMILES string of the molecule is c1ccc2cc3c(cc2c1)c1ccccc1n3-c1ccc(-c2nc(-c3cccc4sc5ccccc5c34)nc(-c3cccc4sc5ccccc5c34)n2)c2oc3ccccc3c12. The fourth-order valence-corrected chi connectivity index (χ4v) is 12.0. The third kappa shape index (κ3) is 4.86. The molecule has 0 amide bonds. The van der Waals surface area contributed by atoms with Crippen LogP contribution in [0.4, 0.5) is 0 Å². The molecule has 0 radical (unpaired) electrons. The number of benzene rings is 9. The van der Waals surface area contributed by atoms with Crippen LogP contribution in [0, 0.1) is 0 Å². The van der Waals surface area contributed by atoms with E-state index in [0.717, 1.165) is 66.1 Å². The zero-order valence-corrected chi connectivity index (χ0v) is 34.5. The molecule has 5 nitrogen and oxygen atoms in total. The van der Waals surface area contributed by atoms with E-state index in [1.807, 2.05) is 6.07 Å². The molecule has 0 saturated carbocycles. The molecule has 7 heteroatoms. The summed E-state index contributed by atoms with van der Waals surface area (Å²) in [4.78, 5) is 16.3. The van der Waals surface area contributed by atoms with E-state index in [9.17, 15) is 0 Å². The van der Waals surface area contributed by atoms with E-state index in [4.69, 9.17) is 19.4 Å². The Morgan fingerprint density at radius 1 is 0.371 bits per heavy atom. The van der Waals surface area contributed by atoms with E-state index < -0.39 is 0 Å². The van der Waals surface area contributed by atoms with Crippen LogP contribution >= 0.6 is 22.7 Å². The summed E-state index contributed by atoms with van der Waals surface area (Å²) in [6, 6.07) is 64.8. The molecular weight excluding hydrogens is 797 g/mol. The van der Waals surface area contributed by atoms with Crippen LogP contribution < -0.4 is 0 Å². The second-order valence-corrected chi connectivity index (χ2v) is 18.0. The normalized spacial score (nSPS) is 12.2. The Hall–Kier alpha value is -7.71. The summed E-state index contributed by atoms with van der Waals surface area (Å²) in [5, 5.41) is 11.6. The average molecular weight is 827 g/mol. The van der Waals surface area contributed by atoms with E-state index in [0.29, 0.717) is 17.5 Å². The molecule has 0 N–H and O–H groups in total. The van der Waals surface area contributed by atoms with Crippen molar-refractivity contribution in [3.05, 3.63) is 182 Å². The zero-order valence-electron chi connectivity index (χ0n) is 32.8. The van der Waals surface area contributed by atoms with E-state index in [1.54, 1.807) is 22.7 Å². The fourth-order valence-electron chi connectivity index (χ4n) is 9.75. The van der Waals surface area contributed by atoms with Crippen molar-refractivity contribution in [1.29, 1.82) is 0 Å². The Bertz CT molecular complexity index is 4060. The molecule has 0 unspecified atom stereocenters. The molecular formula is C55H30N4OS2. The predicted molar refractivity (Wildman–Crippen MR) is 261 cm³/mol. The maximum atomic E-state index is 6.98. The standard InChI is InChI=1S/C55H30N4OS2/c1-2-14-32-30-43-40(29-31(32)13-1)33-15-3-7-21-41(33)59(43)42-28-27-39(52-51(42)34-16-4-8-22-44(34)60-52)55-57-53(37-19-11-25-47-49(37)35-17-5-9-23-45(35)61-47)56-54(58-55)38-20-12-26-48-50(38)36-18-6-10-24-46(36)62-48/h1-30H. The summed E-state index contributed by atoms with van der Waals surface area (Å²) in [7, 11) is 0. The van der Waals surface area contributed by atoms with Gasteiger partial charge in [0.2, 0.25) is 0 Å². The molecule has 14 rings (SSSR count). The van der Waals surface area contributed by atoms with E-state index in [1.165, 1.54) is 51.1 Å². The molecule has 0 aliphatic heterocycles. The van der Waals surface area contributed by atoms with E-state index in [2.05, 4.69) is 180 Å². The van der Waals surface area contributed by atoms with Gasteiger partial charge in [0.15, 0.2) is 17.5 Å². The molecule has 0 spiro atoms. The Balaban J connectivity index is 1.09. The van der Waals surface area contributed by atoms with Gasteiger partial charge in [0.25, 0.3) is 0 Å². The summed E-state index contributed by atoms with van der Waals surface area (Å²) in [6.45, 7) is 0. The second-order valence-electron chi connectivity index (χ2n) is 15.9. The number of para-hydroxylation sites is 2. The molecule has 0 atom stereocenters. The monoisotopic (exact) mass is 826 g/mol. The number of thiophene rings is 2. The number of furan rings is 1. The fraction of sp³-hybridized carbons (Fsp3) is 0. The first-order valence-electron chi connectivity index (χ1n) is 20.7. The van der Waals surface area contributed by atoms with Crippen LogP contribution in [0.5, 0.6) is 0 Å². The number of aromatic nitrogens is 4. The average Bonchev–Trinajstić information content (AvgIpc) is 4.09. The molecule has 5 heterocycles. The number of nitrogens with zero attached hydrogens (tertiary/aromatic N) is 4. The highest BCUT2D eigenvalue weighted by Crippen LogP contribution is 2.45. The van der Waals surface area contributed by atoms with E-state index >= 15 is 0 Å². The highest BCUT2D eigenvalue weighted by Gasteiger charge is 2.25. The van der Waals surface area contributed by atoms with Gasteiger partial charge in [-0.1, -0.05) is 121 Å². The molecule has 14 aromatic rings. The molecule has 288 valence electrons. The number of fused-ring (bicyclic) bond motifs is 13. The van der Waals surface area contributed by atoms with Gasteiger partial charge in [0.05, 0.1) is 27.7 Å². The highest BCUT2D eigenvalue weighted by molar-refractivity contribution is 7.26. The molecule has 62 heavy (non-hydrogen) atoms. The molecule has 0 fully saturated rings. The Morgan fingerprint density at radius 2 is 0.903 bits per heavy atom. The van der Waals surface area contributed by atoms with Crippen LogP contribution in [0.1, 0.15) is 0 Å². The minimum absolute atomic E-state index is 0.557. The quantitative estimate of drug-likeness (QED) is 0.177. The first-order valence-corrected chi connectivity index (χ1v) is 22.3. The van der Waals surface area contributed by atoms with Crippen molar-refractivity contribution >= 4 is 118 Å². The van der Waals surface area contributed by atoms with Gasteiger partial charge >= 0.3 is 0 Å². The summed E-state index contributed by atoms with van der Waals surface area (Å²) in [5.74, 6) is 1.80. The van der Waals surface area contributed by atoms with Crippen LogP contribution in [-0.4, -0.2) is 19.5 Å². The minimum Gasteiger partial charge on any atom is -0.455 e. The Morgan fingerprint density at radius 3 is 1.58 bits per heavy atom. The lowest BCUT2D eigenvalue weighted by Gasteiger charge is -2.13. The first-order chi connectivity index (χ1) is 30.7. The largest absolute Gasteiger partial charge is 0.455 e. The minimum atomic E-state index is 0.557. The van der Waals surface area contributed by atoms with Crippen molar-refractivity contribution in [1.82, 2.24) is 19.5 Å². The van der Waals surface area contributed by atoms with Gasteiger partial charge in [0.1, 0.15) is 11.2 Å². The predicted octanol–water partition coefficient (Wildman–Crippen LogP) is 15.8. The van der Waals surface area contributed by atoms with E-state index in [-0.39, 0.29) is 0 Å². The molecule has 0 saturated heterocycles. The maximum Gasteiger partial charge on any atom is 0.167 e. The zero-order chi connectivity index (χ0) is 40.5. The summed E-state index contributed by atoms with van der Waals surface area (Å²) >= 11 is 3.59. The summed E-state index contributed by atoms with van der Waals surface area (Å²) in [5.41, 5.74) is 7.60. The lowest BCUT2D eigenvalue weighted by molar-refractivity contribution is 0.669. The van der Waals surface area contributed by atoms with Crippen molar-refractivity contribution < 1.29 is 4.42 Å². The van der Waals surface area contributed by atoms with Gasteiger partial charge in [-0.15, -0.1) is 22.7 Å². The van der Waals surface area contributed by atoms with Gasteiger partial charge in [-0.25, -0.2) is 15.0 Å². The summed E-state index contributed by atoms with van der Waals surface area (Å²) in [6.07, 6.45) is 0. The van der Waals surface area contributed by atoms with Crippen molar-refractivity contribution in [2.45, 2.75) is 0 Å². The van der Waals surface area contributed by atoms with Crippen LogP contribution in [0.15, 0.2) is 186 Å². The van der Waals surface area contributed by atoms with Gasteiger partial charge in [-0.3, -0.25) is 0 Å². The van der Waals surface area contributed by atoms with Crippen LogP contribution in [0.2, 0.25) is 0 Å². The van der Waals surface area contributed by atoms with Gasteiger partial charge in [-0.05, 0) is 71.4 Å². The van der Waals surface area contributed by atoms with Crippen LogP contribution in [0.3, 0.4) is 0 Å². The Kier molecular flexibility index (Phi) is 7.08. The molecule has 9 aromatic carbocycles. The summed E-state index contributed by atoms with van der Waals surface area (Å²) < 4.78 is 14.2. The van der Waals surface area contributed by atoms with Crippen molar-refractivity contribution in [3.8, 4) is 39.9 Å². The lowest BCUT2D eigenvalue weighted by atomic mass is 10.0. The molecule has 0 aliphatic rings. The third-order valence-electron chi connectivity index (χ3n) is 12.4. The highest BCUT2D eigenvalue weighted by atomic mass is 32.1. The smallest absolute Gasteiger partial charge is 0.167 e. The van der Waals surface area contributed by atoms with Crippen molar-refractivity contribution in [2.24, 2.45) is 0 Å². The van der Waals surface area contributed by atoms with Crippen LogP contribution in [0.25, 0.3) is 135 Å². The Labute approximate surface area is 361 Å². The van der Waals surface area contributed by atoms with Gasteiger partial charge in [0, 0.05) is 67.6 Å². The molecule has 5 aromatic heterocycles. The van der Waals surface area contributed by atoms with Crippen LogP contribution in [-0.2, 0) is 0 Å². The topological polar surface area (TPSA) is 56.7 Å². The lowest BCUT2D eigenvalue weighted by Crippen LogP contribution is -2.02. The maximum absolute atomic E-state index is 6.98. The van der Waals surface area contributed by atoms with Crippen molar-refractivity contribution in [2.75, 3.05) is 0 Å². The van der Waals surface area contributed by atoms with Gasteiger partial charge in [-0.2, -0.15) is 0 Å². The second kappa shape index (κ2) is 12.9. The number of hydrogen-bond acceptors (Lipinski definition) is 6. The molecule has 0 bridgehead atoms.